The summed E-state index contributed by atoms with van der Waals surface area (Å²) in [5, 5.41) is 4.19. The highest BCUT2D eigenvalue weighted by Gasteiger charge is 2.23. The van der Waals surface area contributed by atoms with Gasteiger partial charge in [0, 0.05) is 39.1 Å². The smallest absolute Gasteiger partial charge is 0.236 e. The molecule has 0 spiro atoms. The van der Waals surface area contributed by atoms with Gasteiger partial charge in [0.05, 0.1) is 25.8 Å². The van der Waals surface area contributed by atoms with E-state index in [1.54, 1.807) is 24.2 Å². The van der Waals surface area contributed by atoms with Crippen LogP contribution in [0.4, 0.5) is 4.39 Å². The number of hydrogen-bond donors (Lipinski definition) is 0. The van der Waals surface area contributed by atoms with Crippen LogP contribution >= 0.6 is 0 Å². The molecule has 0 bridgehead atoms. The fourth-order valence-electron chi connectivity index (χ4n) is 2.96. The molecule has 0 N–H and O–H groups in total. The fourth-order valence-corrected chi connectivity index (χ4v) is 2.96. The van der Waals surface area contributed by atoms with Crippen molar-refractivity contribution < 1.29 is 13.9 Å². The molecule has 1 saturated heterocycles. The van der Waals surface area contributed by atoms with Crippen molar-refractivity contribution in [2.24, 2.45) is 0 Å². The van der Waals surface area contributed by atoms with Crippen molar-refractivity contribution in [3.05, 3.63) is 54.1 Å². The lowest BCUT2D eigenvalue weighted by molar-refractivity contribution is -0.133. The van der Waals surface area contributed by atoms with Gasteiger partial charge in [-0.05, 0) is 23.8 Å². The van der Waals surface area contributed by atoms with Crippen molar-refractivity contribution in [3.8, 4) is 0 Å². The highest BCUT2D eigenvalue weighted by Crippen LogP contribution is 2.10. The molecule has 1 aliphatic rings. The number of amides is 1. The summed E-state index contributed by atoms with van der Waals surface area (Å²) in [6, 6.07) is 8.22. The van der Waals surface area contributed by atoms with Gasteiger partial charge in [-0.3, -0.25) is 14.4 Å². The van der Waals surface area contributed by atoms with E-state index in [0.717, 1.165) is 12.1 Å². The van der Waals surface area contributed by atoms with Gasteiger partial charge in [0.2, 0.25) is 5.91 Å². The summed E-state index contributed by atoms with van der Waals surface area (Å²) in [7, 11) is 1.74. The van der Waals surface area contributed by atoms with Crippen molar-refractivity contribution in [1.82, 2.24) is 19.6 Å². The lowest BCUT2D eigenvalue weighted by Gasteiger charge is -2.33. The predicted octanol–water partition coefficient (Wildman–Crippen LogP) is 1.38. The van der Waals surface area contributed by atoms with Gasteiger partial charge in [-0.25, -0.2) is 4.39 Å². The van der Waals surface area contributed by atoms with Crippen molar-refractivity contribution >= 4 is 5.91 Å². The first-order valence-corrected chi connectivity index (χ1v) is 8.40. The Morgan fingerprint density at radius 2 is 2.32 bits per heavy atom. The summed E-state index contributed by atoms with van der Waals surface area (Å²) >= 11 is 0. The maximum Gasteiger partial charge on any atom is 0.236 e. The number of ether oxygens (including phenoxy) is 1. The molecule has 7 heteroatoms. The number of morpholine rings is 1. The first-order chi connectivity index (χ1) is 12.1. The van der Waals surface area contributed by atoms with Crippen LogP contribution in [-0.2, 0) is 22.6 Å². The number of halogens is 1. The highest BCUT2D eigenvalue weighted by atomic mass is 19.1. The Labute approximate surface area is 146 Å². The van der Waals surface area contributed by atoms with E-state index in [-0.39, 0.29) is 17.8 Å². The molecular formula is C18H23FN4O2. The number of nitrogens with zero attached hydrogens (tertiary/aromatic N) is 4. The molecule has 1 atom stereocenters. The van der Waals surface area contributed by atoms with E-state index in [4.69, 9.17) is 4.74 Å². The largest absolute Gasteiger partial charge is 0.374 e. The van der Waals surface area contributed by atoms with Crippen LogP contribution in [0, 0.1) is 5.82 Å². The number of likely N-dealkylation sites (N-methyl/N-ethyl adjacent to an activating group) is 1. The van der Waals surface area contributed by atoms with Gasteiger partial charge in [-0.1, -0.05) is 12.1 Å². The van der Waals surface area contributed by atoms with Gasteiger partial charge in [-0.15, -0.1) is 0 Å². The average Bonchev–Trinajstić information content (AvgIpc) is 3.08. The van der Waals surface area contributed by atoms with E-state index in [2.05, 4.69) is 10.00 Å². The molecule has 0 saturated carbocycles. The second-order valence-electron chi connectivity index (χ2n) is 6.34. The molecule has 3 rings (SSSR count). The maximum atomic E-state index is 13.3. The molecule has 1 aromatic carbocycles. The van der Waals surface area contributed by atoms with E-state index in [1.807, 2.05) is 23.0 Å². The molecule has 0 unspecified atom stereocenters. The summed E-state index contributed by atoms with van der Waals surface area (Å²) in [5.74, 6) is -0.267. The highest BCUT2D eigenvalue weighted by molar-refractivity contribution is 5.78. The van der Waals surface area contributed by atoms with Crippen molar-refractivity contribution in [3.63, 3.8) is 0 Å². The Morgan fingerprint density at radius 1 is 1.44 bits per heavy atom. The Kier molecular flexibility index (Phi) is 5.78. The Bertz CT molecular complexity index is 692. The molecule has 0 aliphatic carbocycles. The molecule has 25 heavy (non-hydrogen) atoms. The van der Waals surface area contributed by atoms with Gasteiger partial charge in [0.15, 0.2) is 0 Å². The summed E-state index contributed by atoms with van der Waals surface area (Å²) in [4.78, 5) is 16.2. The predicted molar refractivity (Wildman–Crippen MR) is 91.3 cm³/mol. The number of aromatic nitrogens is 2. The van der Waals surface area contributed by atoms with Crippen LogP contribution < -0.4 is 0 Å². The normalized spacial score (nSPS) is 18.2. The van der Waals surface area contributed by atoms with Gasteiger partial charge >= 0.3 is 0 Å². The Morgan fingerprint density at radius 3 is 3.08 bits per heavy atom. The third-order valence-corrected chi connectivity index (χ3v) is 4.27. The molecule has 2 aromatic rings. The fraction of sp³-hybridized carbons (Fsp3) is 0.444. The number of hydrogen-bond acceptors (Lipinski definition) is 4. The molecule has 0 radical (unpaired) electrons. The topological polar surface area (TPSA) is 50.6 Å². The third kappa shape index (κ3) is 5.11. The summed E-state index contributed by atoms with van der Waals surface area (Å²) in [5.41, 5.74) is 0.786. The second kappa shape index (κ2) is 8.22. The van der Waals surface area contributed by atoms with Crippen LogP contribution in [0.25, 0.3) is 0 Å². The van der Waals surface area contributed by atoms with E-state index in [9.17, 15) is 9.18 Å². The number of carbonyl (C=O) groups is 1. The third-order valence-electron chi connectivity index (χ3n) is 4.27. The van der Waals surface area contributed by atoms with Gasteiger partial charge in [0.25, 0.3) is 0 Å². The lowest BCUT2D eigenvalue weighted by Crippen LogP contribution is -2.48. The number of rotatable bonds is 6. The molecule has 6 nitrogen and oxygen atoms in total. The van der Waals surface area contributed by atoms with Crippen molar-refractivity contribution in [2.45, 2.75) is 19.2 Å². The number of benzene rings is 1. The minimum Gasteiger partial charge on any atom is -0.374 e. The van der Waals surface area contributed by atoms with Crippen LogP contribution in [-0.4, -0.2) is 64.9 Å². The Balaban J connectivity index is 1.49. The first kappa shape index (κ1) is 17.6. The zero-order chi connectivity index (χ0) is 17.6. The molecular weight excluding hydrogens is 323 g/mol. The number of carbonyl (C=O) groups excluding carboxylic acids is 1. The molecule has 1 amide bonds. The molecule has 2 heterocycles. The standard InChI is InChI=1S/C18H23FN4O2/c1-21(11-15-4-2-5-16(19)10-15)18(24)14-22-8-9-25-17(12-22)13-23-7-3-6-20-23/h2-7,10,17H,8-9,11-14H2,1H3/t17-/m0/s1. The molecule has 1 fully saturated rings. The van der Waals surface area contributed by atoms with E-state index < -0.39 is 0 Å². The van der Waals surface area contributed by atoms with Gasteiger partial charge < -0.3 is 9.64 Å². The summed E-state index contributed by atoms with van der Waals surface area (Å²) in [6.45, 7) is 3.45. The zero-order valence-corrected chi connectivity index (χ0v) is 14.3. The second-order valence-corrected chi connectivity index (χ2v) is 6.34. The minimum absolute atomic E-state index is 0.0176. The molecule has 1 aliphatic heterocycles. The minimum atomic E-state index is -0.284. The molecule has 134 valence electrons. The SMILES string of the molecule is CN(Cc1cccc(F)c1)C(=O)CN1CCO[C@H](Cn2cccn2)C1. The maximum absolute atomic E-state index is 13.3. The van der Waals surface area contributed by atoms with E-state index in [1.165, 1.54) is 12.1 Å². The van der Waals surface area contributed by atoms with Crippen molar-refractivity contribution in [1.29, 1.82) is 0 Å². The Hall–Kier alpha value is -2.25. The van der Waals surface area contributed by atoms with E-state index in [0.29, 0.717) is 32.8 Å². The van der Waals surface area contributed by atoms with Crippen LogP contribution in [0.3, 0.4) is 0 Å². The summed E-state index contributed by atoms with van der Waals surface area (Å²) < 4.78 is 20.9. The van der Waals surface area contributed by atoms with Gasteiger partial charge in [-0.2, -0.15) is 5.10 Å². The van der Waals surface area contributed by atoms with E-state index >= 15 is 0 Å². The molecule has 1 aromatic heterocycles. The van der Waals surface area contributed by atoms with Crippen LogP contribution in [0.5, 0.6) is 0 Å². The van der Waals surface area contributed by atoms with Gasteiger partial charge in [0.1, 0.15) is 5.82 Å². The monoisotopic (exact) mass is 346 g/mol. The van der Waals surface area contributed by atoms with Crippen molar-refractivity contribution in [2.75, 3.05) is 33.3 Å². The lowest BCUT2D eigenvalue weighted by atomic mass is 10.2. The first-order valence-electron chi connectivity index (χ1n) is 8.40. The summed E-state index contributed by atoms with van der Waals surface area (Å²) in [6.07, 6.45) is 3.67. The zero-order valence-electron chi connectivity index (χ0n) is 14.3. The average molecular weight is 346 g/mol. The van der Waals surface area contributed by atoms with Crippen LogP contribution in [0.2, 0.25) is 0 Å². The van der Waals surface area contributed by atoms with Crippen LogP contribution in [0.1, 0.15) is 5.56 Å². The quantitative estimate of drug-likeness (QED) is 0.793. The van der Waals surface area contributed by atoms with Crippen LogP contribution in [0.15, 0.2) is 42.7 Å².